The lowest BCUT2D eigenvalue weighted by Crippen LogP contribution is -2.46. The van der Waals surface area contributed by atoms with E-state index in [1.807, 2.05) is 42.5 Å². The SMILES string of the molecule is CC(C)(C)OC(=O)NC(CCC(=O)NC(CCC(=O)OCc1ccccc1)C(=O)OCc1ccccc1)C(=O)OCc1ccccc1. The molecular weight excluding hydrogens is 604 g/mol. The maximum atomic E-state index is 13.1. The number of benzene rings is 3. The van der Waals surface area contributed by atoms with Crippen LogP contribution in [0.4, 0.5) is 4.79 Å². The molecule has 0 bridgehead atoms. The number of alkyl carbamates (subject to hydrolysis) is 1. The highest BCUT2D eigenvalue weighted by Crippen LogP contribution is 2.12. The summed E-state index contributed by atoms with van der Waals surface area (Å²) >= 11 is 0. The lowest BCUT2D eigenvalue weighted by molar-refractivity contribution is -0.151. The van der Waals surface area contributed by atoms with Gasteiger partial charge in [-0.05, 0) is 50.3 Å². The molecule has 11 nitrogen and oxygen atoms in total. The van der Waals surface area contributed by atoms with Crippen LogP contribution in [0.15, 0.2) is 91.0 Å². The van der Waals surface area contributed by atoms with E-state index < -0.39 is 47.6 Å². The largest absolute Gasteiger partial charge is 0.461 e. The van der Waals surface area contributed by atoms with Crippen LogP contribution in [0.3, 0.4) is 0 Å². The summed E-state index contributed by atoms with van der Waals surface area (Å²) in [7, 11) is 0. The molecule has 0 fully saturated rings. The Morgan fingerprint density at radius 2 is 0.979 bits per heavy atom. The second-order valence-corrected chi connectivity index (χ2v) is 11.7. The topological polar surface area (TPSA) is 146 Å². The Hall–Kier alpha value is -5.19. The van der Waals surface area contributed by atoms with Crippen LogP contribution in [0.5, 0.6) is 0 Å². The number of carbonyl (C=O) groups excluding carboxylic acids is 5. The maximum Gasteiger partial charge on any atom is 0.408 e. The van der Waals surface area contributed by atoms with Gasteiger partial charge in [-0.2, -0.15) is 0 Å². The van der Waals surface area contributed by atoms with Crippen molar-refractivity contribution in [1.29, 1.82) is 0 Å². The molecule has 3 aromatic carbocycles. The molecule has 3 aromatic rings. The maximum absolute atomic E-state index is 13.1. The molecule has 0 spiro atoms. The highest BCUT2D eigenvalue weighted by Gasteiger charge is 2.28. The van der Waals surface area contributed by atoms with Gasteiger partial charge >= 0.3 is 24.0 Å². The molecule has 2 unspecified atom stereocenters. The Balaban J connectivity index is 1.62. The van der Waals surface area contributed by atoms with E-state index in [9.17, 15) is 24.0 Å². The van der Waals surface area contributed by atoms with Crippen molar-refractivity contribution in [3.05, 3.63) is 108 Å². The highest BCUT2D eigenvalue weighted by atomic mass is 16.6. The monoisotopic (exact) mass is 646 g/mol. The summed E-state index contributed by atoms with van der Waals surface area (Å²) in [6, 6.07) is 24.8. The van der Waals surface area contributed by atoms with Crippen molar-refractivity contribution in [2.45, 2.75) is 84.0 Å². The third-order valence-corrected chi connectivity index (χ3v) is 6.58. The number of ether oxygens (including phenoxy) is 4. The Labute approximate surface area is 274 Å². The quantitative estimate of drug-likeness (QED) is 0.159. The molecule has 0 aromatic heterocycles. The Morgan fingerprint density at radius 1 is 0.574 bits per heavy atom. The second-order valence-electron chi connectivity index (χ2n) is 11.7. The van der Waals surface area contributed by atoms with Gasteiger partial charge in [0.05, 0.1) is 0 Å². The summed E-state index contributed by atoms with van der Waals surface area (Å²) in [5, 5.41) is 5.09. The third kappa shape index (κ3) is 14.6. The molecule has 0 aliphatic heterocycles. The van der Waals surface area contributed by atoms with Crippen molar-refractivity contribution in [3.8, 4) is 0 Å². The van der Waals surface area contributed by atoms with Crippen LogP contribution in [-0.4, -0.2) is 47.6 Å². The van der Waals surface area contributed by atoms with Gasteiger partial charge in [0.1, 0.15) is 37.5 Å². The number of esters is 3. The smallest absolute Gasteiger partial charge is 0.408 e. The van der Waals surface area contributed by atoms with E-state index in [2.05, 4.69) is 10.6 Å². The summed E-state index contributed by atoms with van der Waals surface area (Å²) < 4.78 is 21.4. The second kappa shape index (κ2) is 18.7. The zero-order valence-electron chi connectivity index (χ0n) is 26.9. The fourth-order valence-corrected chi connectivity index (χ4v) is 4.22. The summed E-state index contributed by atoms with van der Waals surface area (Å²) in [6.45, 7) is 5.04. The predicted molar refractivity (Wildman–Crippen MR) is 172 cm³/mol. The van der Waals surface area contributed by atoms with Crippen molar-refractivity contribution in [3.63, 3.8) is 0 Å². The van der Waals surface area contributed by atoms with Gasteiger partial charge in [-0.15, -0.1) is 0 Å². The normalized spacial score (nSPS) is 12.1. The van der Waals surface area contributed by atoms with Crippen LogP contribution < -0.4 is 10.6 Å². The van der Waals surface area contributed by atoms with Gasteiger partial charge in [0, 0.05) is 12.8 Å². The summed E-state index contributed by atoms with van der Waals surface area (Å²) in [5.41, 5.74) is 1.48. The lowest BCUT2D eigenvalue weighted by Gasteiger charge is -2.23. The molecule has 2 amide bonds. The molecule has 0 saturated carbocycles. The summed E-state index contributed by atoms with van der Waals surface area (Å²) in [4.78, 5) is 64.1. The van der Waals surface area contributed by atoms with Gasteiger partial charge < -0.3 is 29.6 Å². The van der Waals surface area contributed by atoms with Gasteiger partial charge in [-0.3, -0.25) is 9.59 Å². The fraction of sp³-hybridized carbons (Fsp3) is 0.361. The Kier molecular flexibility index (Phi) is 14.4. The van der Waals surface area contributed by atoms with Crippen molar-refractivity contribution in [1.82, 2.24) is 10.6 Å². The molecule has 3 rings (SSSR count). The van der Waals surface area contributed by atoms with E-state index in [0.717, 1.165) is 16.7 Å². The molecule has 0 saturated heterocycles. The van der Waals surface area contributed by atoms with Crippen LogP contribution in [-0.2, 0) is 57.9 Å². The van der Waals surface area contributed by atoms with Crippen molar-refractivity contribution >= 4 is 29.9 Å². The average Bonchev–Trinajstić information content (AvgIpc) is 3.05. The van der Waals surface area contributed by atoms with Gasteiger partial charge in [0.25, 0.3) is 0 Å². The van der Waals surface area contributed by atoms with E-state index in [1.165, 1.54) is 0 Å². The standard InChI is InChI=1S/C36H42N2O9/c1-36(2,3)47-35(43)38-30(34(42)46-25-28-17-11-6-12-18-28)19-21-31(39)37-29(33(41)45-24-27-15-9-5-10-16-27)20-22-32(40)44-23-26-13-7-4-8-14-26/h4-18,29-30H,19-25H2,1-3H3,(H,37,39)(H,38,43). The Bertz CT molecular complexity index is 1440. The first kappa shape index (κ1) is 36.3. The fourth-order valence-electron chi connectivity index (χ4n) is 4.22. The van der Waals surface area contributed by atoms with E-state index in [1.54, 1.807) is 69.3 Å². The number of nitrogens with one attached hydrogen (secondary N) is 2. The Morgan fingerprint density at radius 3 is 1.43 bits per heavy atom. The van der Waals surface area contributed by atoms with Crippen molar-refractivity contribution < 1.29 is 42.9 Å². The van der Waals surface area contributed by atoms with E-state index in [-0.39, 0.29) is 45.5 Å². The number of rotatable bonds is 16. The van der Waals surface area contributed by atoms with Crippen LogP contribution in [0.25, 0.3) is 0 Å². The number of hydrogen-bond acceptors (Lipinski definition) is 9. The van der Waals surface area contributed by atoms with Crippen LogP contribution in [0.2, 0.25) is 0 Å². The van der Waals surface area contributed by atoms with E-state index in [4.69, 9.17) is 18.9 Å². The number of amides is 2. The molecule has 0 radical (unpaired) electrons. The number of carbonyl (C=O) groups is 5. The number of hydrogen-bond donors (Lipinski definition) is 2. The predicted octanol–water partition coefficient (Wildman–Crippen LogP) is 5.16. The molecule has 47 heavy (non-hydrogen) atoms. The molecule has 0 heterocycles. The van der Waals surface area contributed by atoms with Crippen molar-refractivity contribution in [2.24, 2.45) is 0 Å². The minimum atomic E-state index is -1.21. The first-order valence-corrected chi connectivity index (χ1v) is 15.4. The zero-order chi connectivity index (χ0) is 34.1. The third-order valence-electron chi connectivity index (χ3n) is 6.58. The first-order valence-electron chi connectivity index (χ1n) is 15.4. The van der Waals surface area contributed by atoms with Gasteiger partial charge in [-0.1, -0.05) is 91.0 Å². The van der Waals surface area contributed by atoms with Gasteiger partial charge in [0.2, 0.25) is 5.91 Å². The molecule has 250 valence electrons. The summed E-state index contributed by atoms with van der Waals surface area (Å²) in [5.74, 6) is -2.64. The molecule has 0 aliphatic rings. The molecule has 11 heteroatoms. The van der Waals surface area contributed by atoms with Gasteiger partial charge in [0.15, 0.2) is 0 Å². The molecule has 2 N–H and O–H groups in total. The van der Waals surface area contributed by atoms with E-state index >= 15 is 0 Å². The minimum Gasteiger partial charge on any atom is -0.461 e. The van der Waals surface area contributed by atoms with Crippen molar-refractivity contribution in [2.75, 3.05) is 0 Å². The van der Waals surface area contributed by atoms with Crippen LogP contribution in [0.1, 0.15) is 63.1 Å². The molecular formula is C36H42N2O9. The minimum absolute atomic E-state index is 0.0281. The van der Waals surface area contributed by atoms with E-state index in [0.29, 0.717) is 0 Å². The lowest BCUT2D eigenvalue weighted by atomic mass is 10.1. The molecule has 0 aliphatic carbocycles. The highest BCUT2D eigenvalue weighted by molar-refractivity contribution is 5.86. The van der Waals surface area contributed by atoms with Gasteiger partial charge in [-0.25, -0.2) is 14.4 Å². The average molecular weight is 647 g/mol. The summed E-state index contributed by atoms with van der Waals surface area (Å²) in [6.07, 6.45) is -1.50. The van der Waals surface area contributed by atoms with Crippen LogP contribution >= 0.6 is 0 Å². The zero-order valence-corrected chi connectivity index (χ0v) is 26.9. The first-order chi connectivity index (χ1) is 22.5. The van der Waals surface area contributed by atoms with Crippen LogP contribution in [0, 0.1) is 0 Å². The molecule has 2 atom stereocenters.